The van der Waals surface area contributed by atoms with Gasteiger partial charge in [-0.15, -0.1) is 11.6 Å². The third-order valence-corrected chi connectivity index (χ3v) is 5.30. The Morgan fingerprint density at radius 3 is 2.38 bits per heavy atom. The molecule has 0 bridgehead atoms. The van der Waals surface area contributed by atoms with Crippen LogP contribution in [0.1, 0.15) is 31.3 Å². The molecule has 0 spiro atoms. The summed E-state index contributed by atoms with van der Waals surface area (Å²) in [5.74, 6) is -1.40. The summed E-state index contributed by atoms with van der Waals surface area (Å²) in [5.41, 5.74) is 3.26. The van der Waals surface area contributed by atoms with Crippen LogP contribution in [0.15, 0.2) is 54.6 Å². The van der Waals surface area contributed by atoms with Gasteiger partial charge < -0.3 is 15.4 Å². The number of rotatable bonds is 8. The molecule has 2 N–H and O–H groups in total. The highest BCUT2D eigenvalue weighted by atomic mass is 35.5. The summed E-state index contributed by atoms with van der Waals surface area (Å²) in [6.45, 7) is 8.77. The predicted octanol–water partition coefficient (Wildman–Crippen LogP) is 4.05. The van der Waals surface area contributed by atoms with E-state index < -0.39 is 11.5 Å². The number of halogens is 1. The molecule has 0 unspecified atom stereocenters. The topological polar surface area (TPSA) is 102 Å². The van der Waals surface area contributed by atoms with E-state index in [1.165, 1.54) is 0 Å². The maximum absolute atomic E-state index is 12.9. The summed E-state index contributed by atoms with van der Waals surface area (Å²) in [7, 11) is 1.77. The monoisotopic (exact) mass is 482 g/mol. The SMILES string of the molecule is C=C(C)C(=O)Nc1ccc(-c2ccc3c(C(=O)NC(C)(C)COC(=O)CCl)nn(C)c3c2)cc1. The average Bonchev–Trinajstić information content (AvgIpc) is 3.13. The molecule has 9 heteroatoms. The van der Waals surface area contributed by atoms with Crippen LogP contribution in [0.4, 0.5) is 5.69 Å². The number of anilines is 1. The molecule has 0 aliphatic heterocycles. The molecule has 8 nitrogen and oxygen atoms in total. The zero-order valence-electron chi connectivity index (χ0n) is 19.6. The lowest BCUT2D eigenvalue weighted by Crippen LogP contribution is -2.47. The van der Waals surface area contributed by atoms with Gasteiger partial charge in [0.1, 0.15) is 12.5 Å². The largest absolute Gasteiger partial charge is 0.462 e. The summed E-state index contributed by atoms with van der Waals surface area (Å²) >= 11 is 5.45. The van der Waals surface area contributed by atoms with Gasteiger partial charge in [-0.2, -0.15) is 5.10 Å². The number of ether oxygens (including phenoxy) is 1. The Morgan fingerprint density at radius 1 is 1.12 bits per heavy atom. The van der Waals surface area contributed by atoms with E-state index in [0.29, 0.717) is 16.6 Å². The van der Waals surface area contributed by atoms with Crippen molar-refractivity contribution in [1.82, 2.24) is 15.1 Å². The lowest BCUT2D eigenvalue weighted by atomic mass is 10.0. The molecule has 0 aliphatic carbocycles. The van der Waals surface area contributed by atoms with Gasteiger partial charge in [0.05, 0.1) is 11.1 Å². The second-order valence-corrected chi connectivity index (χ2v) is 8.92. The second kappa shape index (κ2) is 10.1. The zero-order valence-corrected chi connectivity index (χ0v) is 20.3. The molecular formula is C25H27ClN4O4. The standard InChI is InChI=1S/C25H27ClN4O4/c1-15(2)23(32)27-18-9-6-16(7-10-18)17-8-11-19-20(12-17)30(5)29-22(19)24(33)28-25(3,4)14-34-21(31)13-26/h6-12H,1,13-14H2,2-5H3,(H,27,32)(H,28,33). The highest BCUT2D eigenvalue weighted by Gasteiger charge is 2.26. The maximum atomic E-state index is 12.9. The number of benzene rings is 2. The number of aryl methyl sites for hydroxylation is 1. The van der Waals surface area contributed by atoms with Gasteiger partial charge in [-0.05, 0) is 56.2 Å². The van der Waals surface area contributed by atoms with Gasteiger partial charge in [0.2, 0.25) is 0 Å². The van der Waals surface area contributed by atoms with Gasteiger partial charge in [0, 0.05) is 23.7 Å². The van der Waals surface area contributed by atoms with Gasteiger partial charge >= 0.3 is 5.97 Å². The van der Waals surface area contributed by atoms with E-state index in [2.05, 4.69) is 22.3 Å². The van der Waals surface area contributed by atoms with Crippen LogP contribution in [0.2, 0.25) is 0 Å². The molecule has 0 radical (unpaired) electrons. The third kappa shape index (κ3) is 5.82. The lowest BCUT2D eigenvalue weighted by molar-refractivity contribution is -0.142. The Kier molecular flexibility index (Phi) is 7.41. The summed E-state index contributed by atoms with van der Waals surface area (Å²) in [6, 6.07) is 13.2. The number of nitrogens with one attached hydrogen (secondary N) is 2. The molecule has 3 rings (SSSR count). The highest BCUT2D eigenvalue weighted by Crippen LogP contribution is 2.27. The Labute approximate surface area is 202 Å². The lowest BCUT2D eigenvalue weighted by Gasteiger charge is -2.25. The van der Waals surface area contributed by atoms with Crippen molar-refractivity contribution in [3.05, 3.63) is 60.3 Å². The van der Waals surface area contributed by atoms with Crippen LogP contribution >= 0.6 is 11.6 Å². The molecule has 2 aromatic carbocycles. The van der Waals surface area contributed by atoms with Gasteiger partial charge in [0.25, 0.3) is 11.8 Å². The number of alkyl halides is 1. The molecular weight excluding hydrogens is 456 g/mol. The van der Waals surface area contributed by atoms with Crippen molar-refractivity contribution in [2.24, 2.45) is 7.05 Å². The molecule has 0 atom stereocenters. The van der Waals surface area contributed by atoms with Crippen molar-refractivity contribution in [1.29, 1.82) is 0 Å². The van der Waals surface area contributed by atoms with Gasteiger partial charge in [0.15, 0.2) is 5.69 Å². The van der Waals surface area contributed by atoms with Gasteiger partial charge in [-0.3, -0.25) is 19.1 Å². The van der Waals surface area contributed by atoms with Crippen LogP contribution in [-0.4, -0.2) is 45.6 Å². The number of aromatic nitrogens is 2. The molecule has 1 heterocycles. The number of hydrogen-bond acceptors (Lipinski definition) is 5. The molecule has 34 heavy (non-hydrogen) atoms. The Hall–Kier alpha value is -3.65. The quantitative estimate of drug-likeness (QED) is 0.286. The first kappa shape index (κ1) is 25.0. The molecule has 178 valence electrons. The number of carbonyl (C=O) groups excluding carboxylic acids is 3. The Morgan fingerprint density at radius 2 is 1.76 bits per heavy atom. The summed E-state index contributed by atoms with van der Waals surface area (Å²) in [4.78, 5) is 36.1. The van der Waals surface area contributed by atoms with E-state index in [0.717, 1.165) is 16.6 Å². The first-order valence-electron chi connectivity index (χ1n) is 10.6. The van der Waals surface area contributed by atoms with E-state index in [4.69, 9.17) is 16.3 Å². The van der Waals surface area contributed by atoms with E-state index >= 15 is 0 Å². The molecule has 2 amide bonds. The number of esters is 1. The number of hydrogen-bond donors (Lipinski definition) is 2. The fraction of sp³-hybridized carbons (Fsp3) is 0.280. The molecule has 0 aliphatic rings. The number of fused-ring (bicyclic) bond motifs is 1. The molecule has 0 saturated heterocycles. The van der Waals surface area contributed by atoms with Crippen LogP contribution in [0.5, 0.6) is 0 Å². The predicted molar refractivity (Wildman–Crippen MR) is 133 cm³/mol. The Bertz CT molecular complexity index is 1260. The maximum Gasteiger partial charge on any atom is 0.320 e. The smallest absolute Gasteiger partial charge is 0.320 e. The van der Waals surface area contributed by atoms with Crippen LogP contribution in [0.3, 0.4) is 0 Å². The van der Waals surface area contributed by atoms with Crippen molar-refractivity contribution < 1.29 is 19.1 Å². The summed E-state index contributed by atoms with van der Waals surface area (Å²) < 4.78 is 6.70. The first-order valence-corrected chi connectivity index (χ1v) is 11.1. The van der Waals surface area contributed by atoms with Crippen molar-refractivity contribution in [2.45, 2.75) is 26.3 Å². The van der Waals surface area contributed by atoms with Crippen molar-refractivity contribution >= 4 is 46.0 Å². The Balaban J connectivity index is 1.81. The average molecular weight is 483 g/mol. The highest BCUT2D eigenvalue weighted by molar-refractivity contribution is 6.26. The van der Waals surface area contributed by atoms with Gasteiger partial charge in [-0.25, -0.2) is 0 Å². The van der Waals surface area contributed by atoms with Crippen molar-refractivity contribution in [3.63, 3.8) is 0 Å². The van der Waals surface area contributed by atoms with Crippen molar-refractivity contribution in [3.8, 4) is 11.1 Å². The summed E-state index contributed by atoms with van der Waals surface area (Å²) in [5, 5.41) is 10.7. The van der Waals surface area contributed by atoms with E-state index in [9.17, 15) is 14.4 Å². The molecule has 3 aromatic rings. The molecule has 0 fully saturated rings. The van der Waals surface area contributed by atoms with Crippen LogP contribution in [0.25, 0.3) is 22.0 Å². The number of carbonyl (C=O) groups is 3. The number of nitrogens with zero attached hydrogens (tertiary/aromatic N) is 2. The minimum atomic E-state index is -0.802. The normalized spacial score (nSPS) is 11.2. The molecule has 1 aromatic heterocycles. The van der Waals surface area contributed by atoms with Gasteiger partial charge in [-0.1, -0.05) is 24.8 Å². The third-order valence-electron chi connectivity index (χ3n) is 5.09. The zero-order chi connectivity index (χ0) is 25.0. The van der Waals surface area contributed by atoms with Crippen LogP contribution in [0, 0.1) is 0 Å². The van der Waals surface area contributed by atoms with E-state index in [-0.39, 0.29) is 30.0 Å². The van der Waals surface area contributed by atoms with E-state index in [1.54, 1.807) is 32.5 Å². The van der Waals surface area contributed by atoms with E-state index in [1.807, 2.05) is 42.5 Å². The molecule has 0 saturated carbocycles. The minimum Gasteiger partial charge on any atom is -0.462 e. The second-order valence-electron chi connectivity index (χ2n) is 8.65. The fourth-order valence-corrected chi connectivity index (χ4v) is 3.37. The number of amides is 2. The summed E-state index contributed by atoms with van der Waals surface area (Å²) in [6.07, 6.45) is 0. The van der Waals surface area contributed by atoms with Crippen molar-refractivity contribution in [2.75, 3.05) is 17.8 Å². The minimum absolute atomic E-state index is 0.0119. The first-order chi connectivity index (χ1) is 16.0. The fourth-order valence-electron chi connectivity index (χ4n) is 3.29. The van der Waals surface area contributed by atoms with Crippen LogP contribution in [-0.2, 0) is 21.4 Å². The van der Waals surface area contributed by atoms with Crippen LogP contribution < -0.4 is 10.6 Å².